The predicted molar refractivity (Wildman–Crippen MR) is 82.0 cm³/mol. The van der Waals surface area contributed by atoms with Crippen LogP contribution in [0.5, 0.6) is 5.88 Å². The minimum atomic E-state index is -0.479. The first-order chi connectivity index (χ1) is 10.7. The van der Waals surface area contributed by atoms with Crippen molar-refractivity contribution in [3.8, 4) is 11.6 Å². The third-order valence-corrected chi connectivity index (χ3v) is 2.86. The Kier molecular flexibility index (Phi) is 5.13. The van der Waals surface area contributed by atoms with Gasteiger partial charge in [-0.15, -0.1) is 0 Å². The number of esters is 1. The first-order valence-electron chi connectivity index (χ1n) is 6.77. The van der Waals surface area contributed by atoms with Crippen LogP contribution in [0.2, 0.25) is 0 Å². The van der Waals surface area contributed by atoms with E-state index < -0.39 is 5.97 Å². The maximum Gasteiger partial charge on any atom is 0.327 e. The van der Waals surface area contributed by atoms with Crippen molar-refractivity contribution in [1.82, 2.24) is 9.78 Å². The van der Waals surface area contributed by atoms with Gasteiger partial charge in [0.1, 0.15) is 12.1 Å². The first kappa shape index (κ1) is 15.6. The molecule has 7 nitrogen and oxygen atoms in total. The summed E-state index contributed by atoms with van der Waals surface area (Å²) < 4.78 is 11.3. The minimum absolute atomic E-state index is 0.155. The molecule has 0 saturated heterocycles. The van der Waals surface area contributed by atoms with E-state index in [0.717, 1.165) is 0 Å². The summed E-state index contributed by atoms with van der Waals surface area (Å²) in [7, 11) is 1.28. The molecule has 0 amide bonds. The Bertz CT molecular complexity index is 716. The number of aromatic amines is 1. The number of aromatic nitrogens is 2. The molecule has 0 unspecified atom stereocenters. The summed E-state index contributed by atoms with van der Waals surface area (Å²) in [5.41, 5.74) is 0.638. The van der Waals surface area contributed by atoms with Crippen LogP contribution in [-0.2, 0) is 9.53 Å². The summed E-state index contributed by atoms with van der Waals surface area (Å²) in [5.74, 6) is -0.168. The Balaban J connectivity index is 2.38. The molecular weight excluding hydrogens is 286 g/mol. The van der Waals surface area contributed by atoms with Gasteiger partial charge < -0.3 is 9.47 Å². The fraction of sp³-hybridized carbons (Fsp3) is 0.267. The van der Waals surface area contributed by atoms with Gasteiger partial charge >= 0.3 is 5.97 Å². The topological polar surface area (TPSA) is 85.7 Å². The summed E-state index contributed by atoms with van der Waals surface area (Å²) in [6.07, 6.45) is 1.32. The van der Waals surface area contributed by atoms with Crippen LogP contribution in [0.1, 0.15) is 12.5 Å². The number of hydrogen-bond donors (Lipinski definition) is 1. The Morgan fingerprint density at radius 2 is 2.09 bits per heavy atom. The molecule has 2 aromatic rings. The summed E-state index contributed by atoms with van der Waals surface area (Å²) in [6, 6.07) is 9.10. The standard InChI is InChI=1S/C15H17N3O4/c1-3-22-14-12(9-16-10-13(19)21-2)15(20)18(17-14)11-7-5-4-6-8-11/h4-9,17H,3,10H2,1-2H3. The van der Waals surface area contributed by atoms with Crippen LogP contribution in [0, 0.1) is 0 Å². The molecule has 0 fully saturated rings. The van der Waals surface area contributed by atoms with Crippen molar-refractivity contribution in [3.63, 3.8) is 0 Å². The van der Waals surface area contributed by atoms with E-state index >= 15 is 0 Å². The van der Waals surface area contributed by atoms with Crippen LogP contribution in [0.15, 0.2) is 40.1 Å². The van der Waals surface area contributed by atoms with E-state index in [1.165, 1.54) is 18.0 Å². The first-order valence-corrected chi connectivity index (χ1v) is 6.77. The second-order valence-corrected chi connectivity index (χ2v) is 4.31. The lowest BCUT2D eigenvalue weighted by atomic mass is 10.3. The van der Waals surface area contributed by atoms with E-state index in [4.69, 9.17) is 4.74 Å². The smallest absolute Gasteiger partial charge is 0.327 e. The lowest BCUT2D eigenvalue weighted by Gasteiger charge is -2.01. The fourth-order valence-corrected chi connectivity index (χ4v) is 1.83. The summed E-state index contributed by atoms with van der Waals surface area (Å²) >= 11 is 0. The summed E-state index contributed by atoms with van der Waals surface area (Å²) in [4.78, 5) is 27.4. The lowest BCUT2D eigenvalue weighted by molar-refractivity contribution is -0.138. The Hall–Kier alpha value is -2.83. The molecular formula is C15H17N3O4. The number of benzene rings is 1. The zero-order valence-electron chi connectivity index (χ0n) is 12.4. The average Bonchev–Trinajstić information content (AvgIpc) is 2.85. The SMILES string of the molecule is CCOc1[nH]n(-c2ccccc2)c(=O)c1C=NCC(=O)OC. The third-order valence-electron chi connectivity index (χ3n) is 2.86. The van der Waals surface area contributed by atoms with Crippen LogP contribution < -0.4 is 10.3 Å². The normalized spacial score (nSPS) is 10.8. The third kappa shape index (κ3) is 3.43. The molecule has 2 rings (SSSR count). The summed E-state index contributed by atoms with van der Waals surface area (Å²) in [6.45, 7) is 2.05. The van der Waals surface area contributed by atoms with Crippen LogP contribution in [0.25, 0.3) is 5.69 Å². The van der Waals surface area contributed by atoms with E-state index in [1.54, 1.807) is 12.1 Å². The molecule has 0 radical (unpaired) electrons. The number of rotatable bonds is 6. The van der Waals surface area contributed by atoms with E-state index in [-0.39, 0.29) is 17.7 Å². The minimum Gasteiger partial charge on any atom is -0.478 e. The number of aliphatic imine (C=N–C) groups is 1. The molecule has 1 aromatic carbocycles. The van der Waals surface area contributed by atoms with Gasteiger partial charge in [0.05, 0.1) is 19.4 Å². The maximum atomic E-state index is 12.5. The molecule has 1 heterocycles. The number of para-hydroxylation sites is 1. The number of nitrogens with one attached hydrogen (secondary N) is 1. The molecule has 0 aliphatic carbocycles. The van der Waals surface area contributed by atoms with Gasteiger partial charge in [-0.3, -0.25) is 19.7 Å². The average molecular weight is 303 g/mol. The molecule has 22 heavy (non-hydrogen) atoms. The Morgan fingerprint density at radius 3 is 2.73 bits per heavy atom. The van der Waals surface area contributed by atoms with E-state index in [1.807, 2.05) is 25.1 Å². The number of carbonyl (C=O) groups excluding carboxylic acids is 1. The van der Waals surface area contributed by atoms with Crippen LogP contribution in [0.4, 0.5) is 0 Å². The monoisotopic (exact) mass is 303 g/mol. The molecule has 0 atom stereocenters. The second-order valence-electron chi connectivity index (χ2n) is 4.31. The number of hydrogen-bond acceptors (Lipinski definition) is 5. The Morgan fingerprint density at radius 1 is 1.36 bits per heavy atom. The van der Waals surface area contributed by atoms with Gasteiger partial charge in [0.15, 0.2) is 0 Å². The van der Waals surface area contributed by atoms with Crippen molar-refractivity contribution in [2.45, 2.75) is 6.92 Å². The van der Waals surface area contributed by atoms with Crippen molar-refractivity contribution >= 4 is 12.2 Å². The van der Waals surface area contributed by atoms with Crippen LogP contribution >= 0.6 is 0 Å². The van der Waals surface area contributed by atoms with E-state index in [9.17, 15) is 9.59 Å². The zero-order valence-corrected chi connectivity index (χ0v) is 12.4. The highest BCUT2D eigenvalue weighted by Crippen LogP contribution is 2.12. The van der Waals surface area contributed by atoms with Crippen molar-refractivity contribution in [3.05, 3.63) is 46.2 Å². The quantitative estimate of drug-likeness (QED) is 0.641. The largest absolute Gasteiger partial charge is 0.478 e. The molecule has 0 aliphatic heterocycles. The van der Waals surface area contributed by atoms with Gasteiger partial charge in [-0.05, 0) is 19.1 Å². The van der Waals surface area contributed by atoms with Crippen molar-refractivity contribution < 1.29 is 14.3 Å². The molecule has 0 saturated carbocycles. The van der Waals surface area contributed by atoms with E-state index in [2.05, 4.69) is 14.8 Å². The van der Waals surface area contributed by atoms with Crippen molar-refractivity contribution in [2.75, 3.05) is 20.3 Å². The van der Waals surface area contributed by atoms with Gasteiger partial charge in [-0.1, -0.05) is 18.2 Å². The number of ether oxygens (including phenoxy) is 2. The number of methoxy groups -OCH3 is 1. The highest BCUT2D eigenvalue weighted by molar-refractivity contribution is 5.84. The molecule has 7 heteroatoms. The lowest BCUT2D eigenvalue weighted by Crippen LogP contribution is -2.17. The predicted octanol–water partition coefficient (Wildman–Crippen LogP) is 1.16. The number of H-pyrrole nitrogens is 1. The molecule has 0 aliphatic rings. The summed E-state index contributed by atoms with van der Waals surface area (Å²) in [5, 5.41) is 2.89. The number of nitrogens with zero attached hydrogens (tertiary/aromatic N) is 2. The van der Waals surface area contributed by atoms with Gasteiger partial charge in [0.25, 0.3) is 5.56 Å². The van der Waals surface area contributed by atoms with Crippen LogP contribution in [-0.4, -0.2) is 42.2 Å². The molecule has 0 spiro atoms. The van der Waals surface area contributed by atoms with Gasteiger partial charge in [-0.25, -0.2) is 4.68 Å². The molecule has 0 bridgehead atoms. The van der Waals surface area contributed by atoms with E-state index in [0.29, 0.717) is 18.2 Å². The molecule has 116 valence electrons. The van der Waals surface area contributed by atoms with Crippen molar-refractivity contribution in [2.24, 2.45) is 4.99 Å². The Labute approximate surface area is 127 Å². The molecule has 1 N–H and O–H groups in total. The maximum absolute atomic E-state index is 12.5. The van der Waals surface area contributed by atoms with Crippen LogP contribution in [0.3, 0.4) is 0 Å². The fourth-order valence-electron chi connectivity index (χ4n) is 1.83. The molecule has 1 aromatic heterocycles. The highest BCUT2D eigenvalue weighted by Gasteiger charge is 2.14. The van der Waals surface area contributed by atoms with Gasteiger partial charge in [0, 0.05) is 6.21 Å². The van der Waals surface area contributed by atoms with Gasteiger partial charge in [0.2, 0.25) is 5.88 Å². The second kappa shape index (κ2) is 7.26. The zero-order chi connectivity index (χ0) is 15.9. The van der Waals surface area contributed by atoms with Gasteiger partial charge in [-0.2, -0.15) is 0 Å². The number of carbonyl (C=O) groups is 1. The van der Waals surface area contributed by atoms with Crippen molar-refractivity contribution in [1.29, 1.82) is 0 Å². The highest BCUT2D eigenvalue weighted by atomic mass is 16.5.